The van der Waals surface area contributed by atoms with Gasteiger partial charge in [-0.1, -0.05) is 18.1 Å². The summed E-state index contributed by atoms with van der Waals surface area (Å²) in [7, 11) is -3.66. The molecule has 0 fully saturated rings. The summed E-state index contributed by atoms with van der Waals surface area (Å²) in [6.45, 7) is 0.988. The highest BCUT2D eigenvalue weighted by atomic mass is 32.2. The first-order valence-corrected chi connectivity index (χ1v) is 7.50. The summed E-state index contributed by atoms with van der Waals surface area (Å²) in [5, 5.41) is 10.5. The molecule has 0 aromatic heterocycles. The van der Waals surface area contributed by atoms with Crippen molar-refractivity contribution in [2.75, 3.05) is 19.6 Å². The van der Waals surface area contributed by atoms with Gasteiger partial charge in [0.25, 0.3) is 0 Å². The number of carbonyl (C=O) groups excluding carboxylic acids is 1. The Morgan fingerprint density at radius 3 is 2.50 bits per heavy atom. The Balaban J connectivity index is 2.36. The van der Waals surface area contributed by atoms with Gasteiger partial charge in [-0.25, -0.2) is 13.6 Å². The maximum atomic E-state index is 11.4. The summed E-state index contributed by atoms with van der Waals surface area (Å²) in [4.78, 5) is 11.4. The van der Waals surface area contributed by atoms with E-state index in [0.717, 1.165) is 5.56 Å². The van der Waals surface area contributed by atoms with Gasteiger partial charge in [-0.15, -0.1) is 6.42 Å². The van der Waals surface area contributed by atoms with Gasteiger partial charge in [-0.05, 0) is 24.1 Å². The summed E-state index contributed by atoms with van der Waals surface area (Å²) >= 11 is 0. The summed E-state index contributed by atoms with van der Waals surface area (Å²) in [5.41, 5.74) is 0.911. The van der Waals surface area contributed by atoms with Crippen LogP contribution in [-0.2, 0) is 21.2 Å². The van der Waals surface area contributed by atoms with Gasteiger partial charge in [0, 0.05) is 6.54 Å². The maximum absolute atomic E-state index is 11.4. The fraction of sp³-hybridized carbons (Fsp3) is 0.308. The Morgan fingerprint density at radius 2 is 1.95 bits per heavy atom. The van der Waals surface area contributed by atoms with Crippen molar-refractivity contribution in [2.24, 2.45) is 5.14 Å². The molecular formula is C13H17N3O3S. The number of carbonyl (C=O) groups is 1. The van der Waals surface area contributed by atoms with Crippen LogP contribution in [0.1, 0.15) is 5.56 Å². The largest absolute Gasteiger partial charge is 0.355 e. The number of hydrogen-bond acceptors (Lipinski definition) is 4. The maximum Gasteiger partial charge on any atom is 0.238 e. The fourth-order valence-electron chi connectivity index (χ4n) is 1.50. The number of nitrogens with one attached hydrogen (secondary N) is 2. The van der Waals surface area contributed by atoms with Crippen LogP contribution in [0.15, 0.2) is 29.2 Å². The van der Waals surface area contributed by atoms with Gasteiger partial charge >= 0.3 is 0 Å². The van der Waals surface area contributed by atoms with Crippen LogP contribution in [0.2, 0.25) is 0 Å². The van der Waals surface area contributed by atoms with Crippen LogP contribution in [-0.4, -0.2) is 34.0 Å². The van der Waals surface area contributed by atoms with Crippen molar-refractivity contribution in [1.82, 2.24) is 10.6 Å². The van der Waals surface area contributed by atoms with E-state index in [2.05, 4.69) is 16.6 Å². The summed E-state index contributed by atoms with van der Waals surface area (Å²) in [6, 6.07) is 6.23. The van der Waals surface area contributed by atoms with Crippen LogP contribution in [0.25, 0.3) is 0 Å². The van der Waals surface area contributed by atoms with Gasteiger partial charge in [-0.3, -0.25) is 10.1 Å². The second-order valence-corrected chi connectivity index (χ2v) is 5.66. The standard InChI is InChI=1S/C13H17N3O3S/c1-2-8-15-10-13(17)16-9-7-11-3-5-12(6-4-11)20(14,18)19/h1,3-6,15H,7-10H2,(H,16,17)(H2,14,18,19). The lowest BCUT2D eigenvalue weighted by molar-refractivity contribution is -0.120. The number of nitrogens with two attached hydrogens (primary N) is 1. The van der Waals surface area contributed by atoms with Gasteiger partial charge in [0.15, 0.2) is 0 Å². The van der Waals surface area contributed by atoms with Gasteiger partial charge < -0.3 is 5.32 Å². The number of rotatable bonds is 7. The zero-order valence-corrected chi connectivity index (χ0v) is 11.7. The molecule has 0 unspecified atom stereocenters. The number of primary sulfonamides is 1. The van der Waals surface area contributed by atoms with Crippen LogP contribution >= 0.6 is 0 Å². The van der Waals surface area contributed by atoms with Crippen LogP contribution in [0.4, 0.5) is 0 Å². The first-order chi connectivity index (χ1) is 9.43. The monoisotopic (exact) mass is 295 g/mol. The zero-order chi connectivity index (χ0) is 15.0. The van der Waals surface area contributed by atoms with Gasteiger partial charge in [0.1, 0.15) is 0 Å². The predicted molar refractivity (Wildman–Crippen MR) is 76.2 cm³/mol. The third-order valence-electron chi connectivity index (χ3n) is 2.50. The molecule has 1 aromatic rings. The molecule has 108 valence electrons. The van der Waals surface area contributed by atoms with E-state index < -0.39 is 10.0 Å². The topological polar surface area (TPSA) is 101 Å². The van der Waals surface area contributed by atoms with Gasteiger partial charge in [0.05, 0.1) is 18.0 Å². The normalized spacial score (nSPS) is 10.8. The third-order valence-corrected chi connectivity index (χ3v) is 3.43. The minimum absolute atomic E-state index is 0.0729. The molecule has 1 rings (SSSR count). The first kappa shape index (κ1) is 16.2. The molecule has 0 aliphatic heterocycles. The van der Waals surface area contributed by atoms with E-state index in [0.29, 0.717) is 19.5 Å². The number of sulfonamides is 1. The molecule has 0 radical (unpaired) electrons. The van der Waals surface area contributed by atoms with E-state index >= 15 is 0 Å². The minimum atomic E-state index is -3.66. The lowest BCUT2D eigenvalue weighted by Crippen LogP contribution is -2.35. The molecule has 0 aliphatic carbocycles. The van der Waals surface area contributed by atoms with Crippen molar-refractivity contribution in [3.63, 3.8) is 0 Å². The van der Waals surface area contributed by atoms with Gasteiger partial charge in [0.2, 0.25) is 15.9 Å². The molecule has 0 saturated heterocycles. The van der Waals surface area contributed by atoms with E-state index in [1.165, 1.54) is 12.1 Å². The highest BCUT2D eigenvalue weighted by Gasteiger charge is 2.06. The molecule has 1 amide bonds. The van der Waals surface area contributed by atoms with Crippen molar-refractivity contribution in [1.29, 1.82) is 0 Å². The second kappa shape index (κ2) is 7.65. The molecule has 20 heavy (non-hydrogen) atoms. The van der Waals surface area contributed by atoms with Crippen LogP contribution in [0.3, 0.4) is 0 Å². The lowest BCUT2D eigenvalue weighted by Gasteiger charge is -2.06. The second-order valence-electron chi connectivity index (χ2n) is 4.10. The Morgan fingerprint density at radius 1 is 1.30 bits per heavy atom. The summed E-state index contributed by atoms with van der Waals surface area (Å²) in [6.07, 6.45) is 5.64. The molecule has 4 N–H and O–H groups in total. The molecule has 1 aromatic carbocycles. The summed E-state index contributed by atoms with van der Waals surface area (Å²) < 4.78 is 22.1. The molecule has 0 heterocycles. The van der Waals surface area contributed by atoms with Crippen molar-refractivity contribution in [3.05, 3.63) is 29.8 Å². The Hall–Kier alpha value is -1.88. The molecule has 7 heteroatoms. The first-order valence-electron chi connectivity index (χ1n) is 5.96. The van der Waals surface area contributed by atoms with E-state index in [9.17, 15) is 13.2 Å². The van der Waals surface area contributed by atoms with Crippen LogP contribution in [0.5, 0.6) is 0 Å². The average molecular weight is 295 g/mol. The van der Waals surface area contributed by atoms with E-state index in [1.807, 2.05) is 0 Å². The molecule has 0 bridgehead atoms. The number of hydrogen-bond donors (Lipinski definition) is 3. The predicted octanol–water partition coefficient (Wildman–Crippen LogP) is -0.784. The average Bonchev–Trinajstić information content (AvgIpc) is 2.38. The number of terminal acetylenes is 1. The van der Waals surface area contributed by atoms with Crippen molar-refractivity contribution < 1.29 is 13.2 Å². The Labute approximate surface area is 118 Å². The van der Waals surface area contributed by atoms with E-state index in [4.69, 9.17) is 11.6 Å². The molecule has 0 saturated carbocycles. The lowest BCUT2D eigenvalue weighted by atomic mass is 10.1. The van der Waals surface area contributed by atoms with Crippen molar-refractivity contribution >= 4 is 15.9 Å². The third kappa shape index (κ3) is 5.84. The smallest absolute Gasteiger partial charge is 0.238 e. The van der Waals surface area contributed by atoms with E-state index in [1.54, 1.807) is 12.1 Å². The molecule has 0 spiro atoms. The molecular weight excluding hydrogens is 278 g/mol. The highest BCUT2D eigenvalue weighted by molar-refractivity contribution is 7.89. The van der Waals surface area contributed by atoms with Gasteiger partial charge in [-0.2, -0.15) is 0 Å². The highest BCUT2D eigenvalue weighted by Crippen LogP contribution is 2.08. The van der Waals surface area contributed by atoms with Crippen LogP contribution < -0.4 is 15.8 Å². The summed E-state index contributed by atoms with van der Waals surface area (Å²) in [5.74, 6) is 2.23. The Bertz CT molecular complexity index is 588. The molecule has 6 nitrogen and oxygen atoms in total. The number of amides is 1. The van der Waals surface area contributed by atoms with Crippen molar-refractivity contribution in [3.8, 4) is 12.3 Å². The Kier molecular flexibility index (Phi) is 6.18. The fourth-order valence-corrected chi connectivity index (χ4v) is 2.02. The molecule has 0 atom stereocenters. The number of benzene rings is 1. The minimum Gasteiger partial charge on any atom is -0.355 e. The van der Waals surface area contributed by atoms with Crippen LogP contribution in [0, 0.1) is 12.3 Å². The van der Waals surface area contributed by atoms with E-state index in [-0.39, 0.29) is 17.3 Å². The SMILES string of the molecule is C#CCNCC(=O)NCCc1ccc(S(N)(=O)=O)cc1. The molecule has 0 aliphatic rings. The zero-order valence-electron chi connectivity index (χ0n) is 10.9. The van der Waals surface area contributed by atoms with Crippen molar-refractivity contribution in [2.45, 2.75) is 11.3 Å². The quantitative estimate of drug-likeness (QED) is 0.453.